The highest BCUT2D eigenvalue weighted by Gasteiger charge is 2.33. The van der Waals surface area contributed by atoms with E-state index in [1.54, 1.807) is 0 Å². The van der Waals surface area contributed by atoms with Crippen LogP contribution in [0.4, 0.5) is 0 Å². The van der Waals surface area contributed by atoms with E-state index in [-0.39, 0.29) is 12.3 Å². The third-order valence-electron chi connectivity index (χ3n) is 2.68. The minimum absolute atomic E-state index is 0.0812. The molecular weight excluding hydrogens is 286 g/mol. The summed E-state index contributed by atoms with van der Waals surface area (Å²) in [6, 6.07) is -4.76. The number of hydrogen-bond donors (Lipinski definition) is 5. The number of carbonyl (C=O) groups is 3. The molecule has 1 amide bonds. The van der Waals surface area contributed by atoms with Crippen molar-refractivity contribution in [2.24, 2.45) is 11.7 Å². The Morgan fingerprint density at radius 3 is 2.14 bits per heavy atom. The highest BCUT2D eigenvalue weighted by molar-refractivity contribution is 5.87. The third kappa shape index (κ3) is 6.99. The molecule has 10 nitrogen and oxygen atoms in total. The summed E-state index contributed by atoms with van der Waals surface area (Å²) in [5.74, 6) is -3.91. The van der Waals surface area contributed by atoms with E-state index in [1.165, 1.54) is 0 Å². The van der Waals surface area contributed by atoms with Crippen LogP contribution in [-0.4, -0.2) is 56.6 Å². The van der Waals surface area contributed by atoms with Crippen LogP contribution in [0, 0.1) is 11.1 Å². The Kier molecular flexibility index (Phi) is 7.81. The first-order valence-corrected chi connectivity index (χ1v) is 6.22. The molecule has 0 heterocycles. The molecule has 122 valence electrons. The van der Waals surface area contributed by atoms with Gasteiger partial charge in [-0.3, -0.25) is 14.8 Å². The van der Waals surface area contributed by atoms with Crippen LogP contribution >= 0.6 is 0 Å². The lowest BCUT2D eigenvalue weighted by atomic mass is 10.0. The van der Waals surface area contributed by atoms with Crippen LogP contribution in [0.15, 0.2) is 0 Å². The van der Waals surface area contributed by atoms with Crippen molar-refractivity contribution < 1.29 is 29.8 Å². The number of aliphatic carboxylic acids is 2. The minimum Gasteiger partial charge on any atom is -0.762 e. The summed E-state index contributed by atoms with van der Waals surface area (Å²) >= 11 is 0. The molecule has 0 rings (SSSR count). The van der Waals surface area contributed by atoms with Gasteiger partial charge < -0.3 is 31.7 Å². The van der Waals surface area contributed by atoms with E-state index in [9.17, 15) is 19.6 Å². The van der Waals surface area contributed by atoms with Gasteiger partial charge in [-0.25, -0.2) is 4.79 Å². The first-order valence-electron chi connectivity index (χ1n) is 6.22. The number of hydroxylamine groups is 2. The number of hydrogen-bond acceptors (Lipinski definition) is 7. The zero-order valence-corrected chi connectivity index (χ0v) is 11.7. The molecule has 0 radical (unpaired) electrons. The lowest BCUT2D eigenvalue weighted by molar-refractivity contribution is -0.156. The standard InChI is InChI=1S/C11H20N3O7/c1-5(2)3-6(12)10(17)13-9(11(18)19)7(14(20)21)4-8(15)16/h5-7,9,20H,3-4,12H2,1-2H3,(H,13,17)(H,15,16)(H,18,19)/q-1/t6-,7-,9-/m1/s1. The van der Waals surface area contributed by atoms with Crippen LogP contribution in [0.2, 0.25) is 0 Å². The van der Waals surface area contributed by atoms with Crippen LogP contribution in [0.1, 0.15) is 26.7 Å². The molecule has 21 heavy (non-hydrogen) atoms. The molecule has 0 aromatic carbocycles. The maximum absolute atomic E-state index is 11.8. The first kappa shape index (κ1) is 19.2. The van der Waals surface area contributed by atoms with E-state index in [4.69, 9.17) is 21.2 Å². The molecule has 10 heteroatoms. The second kappa shape index (κ2) is 8.52. The zero-order chi connectivity index (χ0) is 16.7. The maximum Gasteiger partial charge on any atom is 0.327 e. The summed E-state index contributed by atoms with van der Waals surface area (Å²) in [5.41, 5.74) is 5.57. The molecule has 0 bridgehead atoms. The van der Waals surface area contributed by atoms with Crippen molar-refractivity contribution in [3.63, 3.8) is 0 Å². The maximum atomic E-state index is 11.8. The van der Waals surface area contributed by atoms with Gasteiger partial charge in [0, 0.05) is 0 Å². The van der Waals surface area contributed by atoms with Gasteiger partial charge in [0.05, 0.1) is 18.5 Å². The second-order valence-electron chi connectivity index (χ2n) is 5.03. The van der Waals surface area contributed by atoms with Crippen molar-refractivity contribution in [3.05, 3.63) is 5.21 Å². The highest BCUT2D eigenvalue weighted by atomic mass is 16.8. The molecule has 0 aliphatic heterocycles. The number of amides is 1. The third-order valence-corrected chi connectivity index (χ3v) is 2.68. The molecule has 0 aromatic rings. The summed E-state index contributed by atoms with van der Waals surface area (Å²) in [6.45, 7) is 3.62. The fraction of sp³-hybridized carbons (Fsp3) is 0.727. The largest absolute Gasteiger partial charge is 0.762 e. The number of nitrogens with one attached hydrogen (secondary N) is 1. The normalized spacial score (nSPS) is 15.6. The van der Waals surface area contributed by atoms with E-state index in [0.717, 1.165) is 0 Å². The molecule has 6 N–H and O–H groups in total. The van der Waals surface area contributed by atoms with Crippen LogP contribution in [0.3, 0.4) is 0 Å². The van der Waals surface area contributed by atoms with E-state index < -0.39 is 47.6 Å². The van der Waals surface area contributed by atoms with E-state index in [2.05, 4.69) is 0 Å². The average molecular weight is 306 g/mol. The molecule has 0 saturated carbocycles. The molecule has 0 fully saturated rings. The zero-order valence-electron chi connectivity index (χ0n) is 11.7. The minimum atomic E-state index is -1.89. The lowest BCUT2D eigenvalue weighted by Crippen LogP contribution is -2.57. The predicted molar refractivity (Wildman–Crippen MR) is 70.0 cm³/mol. The van der Waals surface area contributed by atoms with Crippen molar-refractivity contribution in [3.8, 4) is 0 Å². The number of carbonyl (C=O) groups excluding carboxylic acids is 1. The quantitative estimate of drug-likeness (QED) is 0.333. The van der Waals surface area contributed by atoms with Gasteiger partial charge in [0.25, 0.3) is 0 Å². The van der Waals surface area contributed by atoms with Crippen LogP contribution in [0.5, 0.6) is 0 Å². The fourth-order valence-electron chi connectivity index (χ4n) is 1.70. The van der Waals surface area contributed by atoms with Crippen molar-refractivity contribution in [2.45, 2.75) is 44.8 Å². The van der Waals surface area contributed by atoms with Crippen molar-refractivity contribution in [2.75, 3.05) is 0 Å². The Morgan fingerprint density at radius 2 is 1.81 bits per heavy atom. The van der Waals surface area contributed by atoms with Gasteiger partial charge in [0.2, 0.25) is 5.91 Å². The Morgan fingerprint density at radius 1 is 1.29 bits per heavy atom. The van der Waals surface area contributed by atoms with Gasteiger partial charge in [0.15, 0.2) is 0 Å². The smallest absolute Gasteiger partial charge is 0.327 e. The van der Waals surface area contributed by atoms with Crippen LogP contribution in [-0.2, 0) is 14.4 Å². The molecule has 0 saturated heterocycles. The number of rotatable bonds is 9. The molecule has 0 spiro atoms. The van der Waals surface area contributed by atoms with Gasteiger partial charge in [-0.2, -0.15) is 0 Å². The fourth-order valence-corrected chi connectivity index (χ4v) is 1.70. The number of carboxylic acid groups (broad SMARTS) is 2. The highest BCUT2D eigenvalue weighted by Crippen LogP contribution is 2.09. The van der Waals surface area contributed by atoms with Gasteiger partial charge >= 0.3 is 11.9 Å². The SMILES string of the molecule is CC(C)C[C@@H](N)C(=O)N[C@@H](C(=O)O)[C@@H](CC(=O)O)N([O-])O. The Hall–Kier alpha value is -1.75. The monoisotopic (exact) mass is 306 g/mol. The molecule has 0 aromatic heterocycles. The molecule has 0 unspecified atom stereocenters. The van der Waals surface area contributed by atoms with E-state index in [0.29, 0.717) is 0 Å². The Bertz CT molecular complexity index is 386. The van der Waals surface area contributed by atoms with Crippen LogP contribution in [0.25, 0.3) is 0 Å². The lowest BCUT2D eigenvalue weighted by Gasteiger charge is -2.34. The molecule has 3 atom stereocenters. The molecular formula is C11H20N3O7-. The van der Waals surface area contributed by atoms with Crippen molar-refractivity contribution in [1.29, 1.82) is 0 Å². The Balaban J connectivity index is 5.00. The average Bonchev–Trinajstić information content (AvgIpc) is 2.31. The van der Waals surface area contributed by atoms with Crippen molar-refractivity contribution in [1.82, 2.24) is 10.5 Å². The topological polar surface area (TPSA) is 176 Å². The van der Waals surface area contributed by atoms with Crippen LogP contribution < -0.4 is 11.1 Å². The van der Waals surface area contributed by atoms with Crippen molar-refractivity contribution >= 4 is 17.8 Å². The van der Waals surface area contributed by atoms with Gasteiger partial charge in [0.1, 0.15) is 6.04 Å². The summed E-state index contributed by atoms with van der Waals surface area (Å²) in [6.07, 6.45) is -0.682. The van der Waals surface area contributed by atoms with Gasteiger partial charge in [-0.05, 0) is 12.3 Å². The first-order chi connectivity index (χ1) is 9.56. The predicted octanol–water partition coefficient (Wildman–Crippen LogP) is -1.04. The second-order valence-corrected chi connectivity index (χ2v) is 5.03. The van der Waals surface area contributed by atoms with Gasteiger partial charge in [-0.15, -0.1) is 0 Å². The van der Waals surface area contributed by atoms with E-state index in [1.807, 2.05) is 19.2 Å². The summed E-state index contributed by atoms with van der Waals surface area (Å²) in [5, 5.41) is 38.6. The number of nitrogens with zero attached hydrogens (tertiary/aromatic N) is 1. The molecule has 0 aliphatic carbocycles. The number of carboxylic acids is 2. The van der Waals surface area contributed by atoms with E-state index >= 15 is 0 Å². The summed E-state index contributed by atoms with van der Waals surface area (Å²) in [7, 11) is 0. The van der Waals surface area contributed by atoms with Gasteiger partial charge in [-0.1, -0.05) is 13.8 Å². The summed E-state index contributed by atoms with van der Waals surface area (Å²) in [4.78, 5) is 33.4. The summed E-state index contributed by atoms with van der Waals surface area (Å²) < 4.78 is 0. The molecule has 0 aliphatic rings. The Labute approximate surface area is 121 Å². The number of nitrogens with two attached hydrogens (primary N) is 1.